The first-order chi connectivity index (χ1) is 7.90. The summed E-state index contributed by atoms with van der Waals surface area (Å²) in [7, 11) is 0. The van der Waals surface area contributed by atoms with Crippen molar-refractivity contribution in [2.75, 3.05) is 0 Å². The molecule has 0 N–H and O–H groups in total. The molecule has 1 nitrogen and oxygen atoms in total. The number of ketones is 1. The van der Waals surface area contributed by atoms with E-state index >= 15 is 0 Å². The normalized spacial score (nSPS) is 17.0. The molecule has 0 aromatic rings. The lowest BCUT2D eigenvalue weighted by Gasteiger charge is -2.19. The summed E-state index contributed by atoms with van der Waals surface area (Å²) in [6, 6.07) is 0. The molecule has 0 radical (unpaired) electrons. The molecule has 100 valence electrons. The van der Waals surface area contributed by atoms with Gasteiger partial charge in [0.15, 0.2) is 11.5 Å². The Kier molecular flexibility index (Phi) is 8.11. The first-order valence-corrected chi connectivity index (χ1v) is 6.76. The molecule has 0 amide bonds. The van der Waals surface area contributed by atoms with Gasteiger partial charge >= 0.3 is 0 Å². The Morgan fingerprint density at radius 3 is 2.53 bits per heavy atom. The van der Waals surface area contributed by atoms with Crippen LogP contribution in [0, 0.1) is 5.92 Å². The Balaban J connectivity index is 3.81. The molecular weight excluding hydrogens is 215 g/mol. The quantitative estimate of drug-likeness (QED) is 0.417. The van der Waals surface area contributed by atoms with Crippen molar-refractivity contribution in [3.05, 3.63) is 12.2 Å². The van der Waals surface area contributed by atoms with Gasteiger partial charge in [-0.05, 0) is 39.0 Å². The highest BCUT2D eigenvalue weighted by Crippen LogP contribution is 2.23. The van der Waals surface area contributed by atoms with E-state index < -0.39 is 5.67 Å². The zero-order chi connectivity index (χ0) is 13.3. The third-order valence-corrected chi connectivity index (χ3v) is 3.13. The number of halogens is 1. The van der Waals surface area contributed by atoms with Crippen molar-refractivity contribution in [1.29, 1.82) is 0 Å². The predicted molar refractivity (Wildman–Crippen MR) is 71.9 cm³/mol. The van der Waals surface area contributed by atoms with Crippen molar-refractivity contribution >= 4 is 5.78 Å². The smallest absolute Gasteiger partial charge is 0.166 e. The van der Waals surface area contributed by atoms with Crippen LogP contribution in [-0.4, -0.2) is 11.5 Å². The molecule has 0 aliphatic heterocycles. The molecule has 2 atom stereocenters. The molecule has 0 bridgehead atoms. The molecule has 2 heteroatoms. The Bertz CT molecular complexity index is 243. The zero-order valence-electron chi connectivity index (χ0n) is 11.8. The summed E-state index contributed by atoms with van der Waals surface area (Å²) in [5.74, 6) is -0.249. The number of allylic oxidation sites excluding steroid dienone is 2. The van der Waals surface area contributed by atoms with Crippen molar-refractivity contribution in [1.82, 2.24) is 0 Å². The lowest BCUT2D eigenvalue weighted by molar-refractivity contribution is -0.128. The van der Waals surface area contributed by atoms with Crippen LogP contribution >= 0.6 is 0 Å². The van der Waals surface area contributed by atoms with Gasteiger partial charge in [0.1, 0.15) is 0 Å². The predicted octanol–water partition coefficient (Wildman–Crippen LogP) is 4.86. The molecule has 0 aliphatic rings. The van der Waals surface area contributed by atoms with Gasteiger partial charge in [-0.1, -0.05) is 45.3 Å². The maximum absolute atomic E-state index is 13.8. The highest BCUT2D eigenvalue weighted by molar-refractivity contribution is 5.84. The summed E-state index contributed by atoms with van der Waals surface area (Å²) >= 11 is 0. The Labute approximate surface area is 105 Å². The van der Waals surface area contributed by atoms with Crippen molar-refractivity contribution in [2.45, 2.75) is 71.9 Å². The van der Waals surface area contributed by atoms with Crippen LogP contribution in [-0.2, 0) is 4.79 Å². The highest BCUT2D eigenvalue weighted by atomic mass is 19.1. The SMILES string of the molecule is CCCCCC/C=C/C(C)CC(C)(F)C(C)=O. The fourth-order valence-corrected chi connectivity index (χ4v) is 1.83. The van der Waals surface area contributed by atoms with E-state index in [1.54, 1.807) is 0 Å². The number of unbranched alkanes of at least 4 members (excludes halogenated alkanes) is 4. The van der Waals surface area contributed by atoms with Crippen molar-refractivity contribution < 1.29 is 9.18 Å². The van der Waals surface area contributed by atoms with Crippen LogP contribution in [0.5, 0.6) is 0 Å². The number of rotatable bonds is 9. The summed E-state index contributed by atoms with van der Waals surface area (Å²) in [4.78, 5) is 11.1. The topological polar surface area (TPSA) is 17.1 Å². The number of Topliss-reactive ketones (excluding diaryl/α,β-unsaturated/α-hetero) is 1. The molecule has 0 saturated heterocycles. The molecule has 0 spiro atoms. The van der Waals surface area contributed by atoms with Gasteiger partial charge in [0.05, 0.1) is 0 Å². The molecule has 0 rings (SSSR count). The van der Waals surface area contributed by atoms with Crippen molar-refractivity contribution in [3.63, 3.8) is 0 Å². The fourth-order valence-electron chi connectivity index (χ4n) is 1.83. The van der Waals surface area contributed by atoms with Crippen LogP contribution in [0.1, 0.15) is 66.2 Å². The van der Waals surface area contributed by atoms with Crippen LogP contribution in [0.4, 0.5) is 4.39 Å². The minimum absolute atomic E-state index is 0.125. The summed E-state index contributed by atoms with van der Waals surface area (Å²) in [5.41, 5.74) is -1.67. The molecule has 0 aliphatic carbocycles. The standard InChI is InChI=1S/C15H27FO/c1-5-6-7-8-9-10-11-13(2)12-15(4,16)14(3)17/h10-11,13H,5-9,12H2,1-4H3/b11-10+. The second-order valence-electron chi connectivity index (χ2n) is 5.21. The van der Waals surface area contributed by atoms with Crippen LogP contribution < -0.4 is 0 Å². The third-order valence-electron chi connectivity index (χ3n) is 3.13. The molecule has 17 heavy (non-hydrogen) atoms. The van der Waals surface area contributed by atoms with E-state index in [-0.39, 0.29) is 18.1 Å². The lowest BCUT2D eigenvalue weighted by Crippen LogP contribution is -2.29. The highest BCUT2D eigenvalue weighted by Gasteiger charge is 2.30. The lowest BCUT2D eigenvalue weighted by atomic mass is 9.91. The van der Waals surface area contributed by atoms with Crippen molar-refractivity contribution in [2.24, 2.45) is 5.92 Å². The van der Waals surface area contributed by atoms with E-state index in [0.717, 1.165) is 6.42 Å². The summed E-state index contributed by atoms with van der Waals surface area (Å²) in [5, 5.41) is 0. The molecule has 0 fully saturated rings. The number of alkyl halides is 1. The zero-order valence-corrected chi connectivity index (χ0v) is 11.8. The van der Waals surface area contributed by atoms with Gasteiger partial charge < -0.3 is 0 Å². The largest absolute Gasteiger partial charge is 0.296 e. The van der Waals surface area contributed by atoms with Crippen LogP contribution in [0.3, 0.4) is 0 Å². The Morgan fingerprint density at radius 2 is 2.00 bits per heavy atom. The summed E-state index contributed by atoms with van der Waals surface area (Å²) in [6.45, 7) is 6.85. The Hall–Kier alpha value is -0.660. The molecule has 2 unspecified atom stereocenters. The molecular formula is C15H27FO. The van der Waals surface area contributed by atoms with Gasteiger partial charge in [0, 0.05) is 0 Å². The maximum atomic E-state index is 13.8. The van der Waals surface area contributed by atoms with E-state index in [2.05, 4.69) is 13.0 Å². The van der Waals surface area contributed by atoms with E-state index in [9.17, 15) is 9.18 Å². The van der Waals surface area contributed by atoms with Gasteiger partial charge in [-0.25, -0.2) is 4.39 Å². The average molecular weight is 242 g/mol. The number of hydrogen-bond acceptors (Lipinski definition) is 1. The van der Waals surface area contributed by atoms with Gasteiger partial charge in [-0.3, -0.25) is 4.79 Å². The van der Waals surface area contributed by atoms with Gasteiger partial charge in [-0.15, -0.1) is 0 Å². The Morgan fingerprint density at radius 1 is 1.35 bits per heavy atom. The summed E-state index contributed by atoms with van der Waals surface area (Å²) in [6.07, 6.45) is 10.5. The first kappa shape index (κ1) is 16.3. The maximum Gasteiger partial charge on any atom is 0.166 e. The number of carbonyl (C=O) groups excluding carboxylic acids is 1. The molecule has 0 heterocycles. The van der Waals surface area contributed by atoms with Crippen LogP contribution in [0.2, 0.25) is 0 Å². The van der Waals surface area contributed by atoms with Gasteiger partial charge in [0.2, 0.25) is 0 Å². The third kappa shape index (κ3) is 8.12. The van der Waals surface area contributed by atoms with E-state index in [1.807, 2.05) is 13.0 Å². The minimum Gasteiger partial charge on any atom is -0.296 e. The monoisotopic (exact) mass is 242 g/mol. The van der Waals surface area contributed by atoms with Gasteiger partial charge in [-0.2, -0.15) is 0 Å². The van der Waals surface area contributed by atoms with E-state index in [1.165, 1.54) is 39.5 Å². The number of carbonyl (C=O) groups is 1. The van der Waals surface area contributed by atoms with Gasteiger partial charge in [0.25, 0.3) is 0 Å². The average Bonchev–Trinajstić information content (AvgIpc) is 2.22. The van der Waals surface area contributed by atoms with Crippen LogP contribution in [0.25, 0.3) is 0 Å². The molecule has 0 aromatic carbocycles. The second-order valence-corrected chi connectivity index (χ2v) is 5.21. The van der Waals surface area contributed by atoms with Crippen LogP contribution in [0.15, 0.2) is 12.2 Å². The molecule has 0 saturated carbocycles. The van der Waals surface area contributed by atoms with E-state index in [0.29, 0.717) is 0 Å². The fraction of sp³-hybridized carbons (Fsp3) is 0.800. The summed E-state index contributed by atoms with van der Waals surface area (Å²) < 4.78 is 13.8. The van der Waals surface area contributed by atoms with E-state index in [4.69, 9.17) is 0 Å². The molecule has 0 aromatic heterocycles. The minimum atomic E-state index is -1.67. The van der Waals surface area contributed by atoms with Crippen molar-refractivity contribution in [3.8, 4) is 0 Å². The first-order valence-electron chi connectivity index (χ1n) is 6.76. The number of hydrogen-bond donors (Lipinski definition) is 0. The second kappa shape index (κ2) is 8.43.